The Morgan fingerprint density at radius 1 is 1.31 bits per heavy atom. The number of aromatic nitrogens is 2. The van der Waals surface area contributed by atoms with Gasteiger partial charge >= 0.3 is 0 Å². The number of benzene rings is 1. The third-order valence-electron chi connectivity index (χ3n) is 6.51. The van der Waals surface area contributed by atoms with Crippen LogP contribution in [-0.4, -0.2) is 59.3 Å². The van der Waals surface area contributed by atoms with Crippen molar-refractivity contribution in [2.45, 2.75) is 19.3 Å². The van der Waals surface area contributed by atoms with Crippen LogP contribution in [0.15, 0.2) is 41.7 Å². The lowest BCUT2D eigenvalue weighted by atomic mass is 10.0. The van der Waals surface area contributed by atoms with E-state index in [1.165, 1.54) is 17.5 Å². The van der Waals surface area contributed by atoms with E-state index in [1.54, 1.807) is 10.9 Å². The maximum Gasteiger partial charge on any atom is 0.246 e. The number of hydrogen-bond acceptors (Lipinski definition) is 3. The van der Waals surface area contributed by atoms with Gasteiger partial charge in [0, 0.05) is 39.4 Å². The fourth-order valence-electron chi connectivity index (χ4n) is 5.03. The molecule has 152 valence electrons. The number of amides is 1. The first-order chi connectivity index (χ1) is 14.2. The number of carbonyl (C=O) groups excluding carboxylic acids is 1. The summed E-state index contributed by atoms with van der Waals surface area (Å²) < 4.78 is 1.73. The number of aryl methyl sites for hydroxylation is 1. The number of fused-ring (bicyclic) bond motifs is 3. The predicted octanol–water partition coefficient (Wildman–Crippen LogP) is 1.62. The van der Waals surface area contributed by atoms with Crippen molar-refractivity contribution < 1.29 is 4.79 Å². The second-order valence-corrected chi connectivity index (χ2v) is 8.29. The number of guanidine groups is 1. The molecule has 2 aromatic rings. The van der Waals surface area contributed by atoms with Crippen LogP contribution in [0.3, 0.4) is 0 Å². The van der Waals surface area contributed by atoms with E-state index in [2.05, 4.69) is 46.5 Å². The number of rotatable bonds is 4. The highest BCUT2D eigenvalue weighted by Gasteiger charge is 2.55. The van der Waals surface area contributed by atoms with Crippen LogP contribution in [-0.2, 0) is 18.3 Å². The van der Waals surface area contributed by atoms with Gasteiger partial charge in [0.2, 0.25) is 5.91 Å². The van der Waals surface area contributed by atoms with E-state index in [1.807, 2.05) is 18.1 Å². The average molecular weight is 393 g/mol. The molecule has 1 aromatic heterocycles. The summed E-state index contributed by atoms with van der Waals surface area (Å²) in [6.45, 7) is 5.48. The highest BCUT2D eigenvalue weighted by molar-refractivity contribution is 5.98. The van der Waals surface area contributed by atoms with E-state index in [0.29, 0.717) is 24.9 Å². The molecule has 1 saturated heterocycles. The molecular weight excluding hydrogens is 364 g/mol. The molecule has 0 radical (unpaired) electrons. The third kappa shape index (κ3) is 3.28. The molecule has 2 fully saturated rings. The second-order valence-electron chi connectivity index (χ2n) is 8.29. The Hall–Kier alpha value is -2.83. The van der Waals surface area contributed by atoms with Gasteiger partial charge in [-0.3, -0.25) is 14.5 Å². The Morgan fingerprint density at radius 2 is 2.17 bits per heavy atom. The first-order valence-corrected chi connectivity index (χ1v) is 10.6. The summed E-state index contributed by atoms with van der Waals surface area (Å²) in [4.78, 5) is 21.6. The summed E-state index contributed by atoms with van der Waals surface area (Å²) in [5.74, 6) is 3.04. The van der Waals surface area contributed by atoms with Crippen molar-refractivity contribution in [2.75, 3.05) is 37.6 Å². The van der Waals surface area contributed by atoms with Crippen molar-refractivity contribution in [2.24, 2.45) is 23.9 Å². The van der Waals surface area contributed by atoms with Crippen molar-refractivity contribution in [1.82, 2.24) is 20.0 Å². The van der Waals surface area contributed by atoms with Crippen LogP contribution in [0, 0.1) is 11.8 Å². The van der Waals surface area contributed by atoms with Gasteiger partial charge in [-0.05, 0) is 42.2 Å². The number of carbonyl (C=O) groups is 1. The van der Waals surface area contributed by atoms with Crippen molar-refractivity contribution in [3.05, 3.63) is 47.8 Å². The number of nitrogens with one attached hydrogen (secondary N) is 1. The zero-order chi connectivity index (χ0) is 20.0. The minimum absolute atomic E-state index is 0.0899. The summed E-state index contributed by atoms with van der Waals surface area (Å²) in [6, 6.07) is 8.84. The van der Waals surface area contributed by atoms with Gasteiger partial charge < -0.3 is 15.1 Å². The number of nitrogens with zero attached hydrogens (tertiary/aromatic N) is 5. The predicted molar refractivity (Wildman–Crippen MR) is 113 cm³/mol. The van der Waals surface area contributed by atoms with Crippen LogP contribution in [0.25, 0.3) is 0 Å². The number of anilines is 1. The quantitative estimate of drug-likeness (QED) is 0.634. The number of hydrogen-bond donors (Lipinski definition) is 1. The van der Waals surface area contributed by atoms with E-state index >= 15 is 0 Å². The molecule has 29 heavy (non-hydrogen) atoms. The van der Waals surface area contributed by atoms with Gasteiger partial charge in [0.1, 0.15) is 6.54 Å². The zero-order valence-corrected chi connectivity index (χ0v) is 17.1. The zero-order valence-electron chi connectivity index (χ0n) is 17.1. The Labute approximate surface area is 171 Å². The Balaban J connectivity index is 1.24. The van der Waals surface area contributed by atoms with Crippen LogP contribution >= 0.6 is 0 Å². The van der Waals surface area contributed by atoms with Crippen LogP contribution in [0.4, 0.5) is 5.69 Å². The molecule has 3 aliphatic rings. The Bertz CT molecular complexity index is 950. The summed E-state index contributed by atoms with van der Waals surface area (Å²) >= 11 is 0. The first kappa shape index (κ1) is 18.2. The van der Waals surface area contributed by atoms with Gasteiger partial charge in [0.15, 0.2) is 5.96 Å². The molecular formula is C22H28N6O. The van der Waals surface area contributed by atoms with Crippen LogP contribution in [0.2, 0.25) is 0 Å². The summed E-state index contributed by atoms with van der Waals surface area (Å²) in [6.07, 6.45) is 4.83. The topological polar surface area (TPSA) is 65.8 Å². The molecule has 1 saturated carbocycles. The van der Waals surface area contributed by atoms with Gasteiger partial charge in [-0.15, -0.1) is 0 Å². The molecule has 1 aromatic carbocycles. The third-order valence-corrected chi connectivity index (χ3v) is 6.51. The van der Waals surface area contributed by atoms with Crippen molar-refractivity contribution in [3.63, 3.8) is 0 Å². The van der Waals surface area contributed by atoms with E-state index < -0.39 is 0 Å². The number of piperazine rings is 1. The molecule has 5 rings (SSSR count). The van der Waals surface area contributed by atoms with Crippen molar-refractivity contribution in [1.29, 1.82) is 0 Å². The maximum atomic E-state index is 12.7. The fraction of sp³-hybridized carbons (Fsp3) is 0.500. The van der Waals surface area contributed by atoms with Gasteiger partial charge in [0.25, 0.3) is 0 Å². The van der Waals surface area contributed by atoms with E-state index in [0.717, 1.165) is 37.2 Å². The van der Waals surface area contributed by atoms with E-state index in [4.69, 9.17) is 4.99 Å². The average Bonchev–Trinajstić information content (AvgIpc) is 3.03. The molecule has 7 heteroatoms. The number of aliphatic imine (C=N–C) groups is 1. The maximum absolute atomic E-state index is 12.7. The molecule has 1 N–H and O–H groups in total. The van der Waals surface area contributed by atoms with Crippen LogP contribution < -0.4 is 10.2 Å². The van der Waals surface area contributed by atoms with Crippen molar-refractivity contribution in [3.8, 4) is 0 Å². The van der Waals surface area contributed by atoms with Gasteiger partial charge in [0.05, 0.1) is 11.9 Å². The normalized spacial score (nSPS) is 25.8. The summed E-state index contributed by atoms with van der Waals surface area (Å²) in [5.41, 5.74) is 3.92. The molecule has 3 atom stereocenters. The molecule has 1 amide bonds. The lowest BCUT2D eigenvalue weighted by Gasteiger charge is -2.35. The standard InChI is InChI=1S/C22H28N6O/c1-3-23-22(24-12-19-18-10-15-6-4-5-7-17(15)21(18)19)27-8-9-28(20(29)14-27)16-11-25-26(2)13-16/h4-7,11,13,18-19,21H,3,8-10,12,14H2,1-2H3,(H,23,24). The molecule has 7 nitrogen and oxygen atoms in total. The molecule has 0 bridgehead atoms. The van der Waals surface area contributed by atoms with Crippen LogP contribution in [0.5, 0.6) is 0 Å². The van der Waals surface area contributed by atoms with E-state index in [9.17, 15) is 4.79 Å². The first-order valence-electron chi connectivity index (χ1n) is 10.6. The molecule has 3 unspecified atom stereocenters. The molecule has 2 aliphatic carbocycles. The lowest BCUT2D eigenvalue weighted by molar-refractivity contribution is -0.120. The molecule has 2 heterocycles. The van der Waals surface area contributed by atoms with Crippen molar-refractivity contribution >= 4 is 17.6 Å². The minimum Gasteiger partial charge on any atom is -0.357 e. The SMILES string of the molecule is CCNC(=NCC1C2Cc3ccccc3C12)N1CCN(c2cnn(C)c2)C(=O)C1. The van der Waals surface area contributed by atoms with Crippen LogP contribution in [0.1, 0.15) is 24.0 Å². The second kappa shape index (κ2) is 7.21. The molecule has 1 aliphatic heterocycles. The highest BCUT2D eigenvalue weighted by atomic mass is 16.2. The highest BCUT2D eigenvalue weighted by Crippen LogP contribution is 2.61. The summed E-state index contributed by atoms with van der Waals surface area (Å²) in [5, 5.41) is 7.57. The summed E-state index contributed by atoms with van der Waals surface area (Å²) in [7, 11) is 1.87. The molecule has 0 spiro atoms. The lowest BCUT2D eigenvalue weighted by Crippen LogP contribution is -2.55. The smallest absolute Gasteiger partial charge is 0.246 e. The van der Waals surface area contributed by atoms with Gasteiger partial charge in [-0.2, -0.15) is 5.10 Å². The Morgan fingerprint density at radius 3 is 2.93 bits per heavy atom. The van der Waals surface area contributed by atoms with Gasteiger partial charge in [-0.1, -0.05) is 24.3 Å². The van der Waals surface area contributed by atoms with E-state index in [-0.39, 0.29) is 5.91 Å². The minimum atomic E-state index is 0.0899. The largest absolute Gasteiger partial charge is 0.357 e. The fourth-order valence-corrected chi connectivity index (χ4v) is 5.03. The monoisotopic (exact) mass is 392 g/mol. The van der Waals surface area contributed by atoms with Gasteiger partial charge in [-0.25, -0.2) is 0 Å². The Kier molecular flexibility index (Phi) is 4.53.